The Hall–Kier alpha value is -1.03. The van der Waals surface area contributed by atoms with Crippen LogP contribution >= 0.6 is 34.8 Å². The Bertz CT molecular complexity index is 657. The molecular weight excluding hydrogens is 321 g/mol. The molecular formula is C14H10Cl3NO2. The SMILES string of the molecule is O=C(Cl)c1c(-c2c(Cl)cccc2Cl)noc1C1CCC1. The van der Waals surface area contributed by atoms with Gasteiger partial charge in [0.1, 0.15) is 11.3 Å². The highest BCUT2D eigenvalue weighted by molar-refractivity contribution is 6.68. The molecule has 1 heterocycles. The fourth-order valence-electron chi connectivity index (χ4n) is 2.34. The lowest BCUT2D eigenvalue weighted by molar-refractivity contribution is 0.107. The summed E-state index contributed by atoms with van der Waals surface area (Å²) in [6.07, 6.45) is 3.06. The Kier molecular flexibility index (Phi) is 3.76. The van der Waals surface area contributed by atoms with Crippen LogP contribution in [0.15, 0.2) is 22.7 Å². The number of nitrogens with zero attached hydrogens (tertiary/aromatic N) is 1. The van der Waals surface area contributed by atoms with Gasteiger partial charge in [-0.05, 0) is 36.6 Å². The van der Waals surface area contributed by atoms with Crippen molar-refractivity contribution < 1.29 is 9.32 Å². The van der Waals surface area contributed by atoms with Gasteiger partial charge in [0.2, 0.25) is 0 Å². The van der Waals surface area contributed by atoms with Gasteiger partial charge in [-0.25, -0.2) is 0 Å². The van der Waals surface area contributed by atoms with Crippen molar-refractivity contribution in [3.63, 3.8) is 0 Å². The summed E-state index contributed by atoms with van der Waals surface area (Å²) in [5, 5.41) is 4.20. The molecule has 1 aliphatic carbocycles. The Morgan fingerprint density at radius 3 is 2.40 bits per heavy atom. The van der Waals surface area contributed by atoms with Crippen LogP contribution in [0.5, 0.6) is 0 Å². The first-order valence-electron chi connectivity index (χ1n) is 6.23. The van der Waals surface area contributed by atoms with E-state index in [2.05, 4.69) is 5.16 Å². The van der Waals surface area contributed by atoms with Crippen molar-refractivity contribution in [3.05, 3.63) is 39.6 Å². The van der Waals surface area contributed by atoms with Crippen molar-refractivity contribution >= 4 is 40.0 Å². The van der Waals surface area contributed by atoms with Crippen molar-refractivity contribution in [3.8, 4) is 11.3 Å². The highest BCUT2D eigenvalue weighted by atomic mass is 35.5. The monoisotopic (exact) mass is 329 g/mol. The molecule has 0 amide bonds. The molecule has 2 aromatic rings. The third-order valence-corrected chi connectivity index (χ3v) is 4.41. The van der Waals surface area contributed by atoms with Gasteiger partial charge in [-0.1, -0.05) is 40.8 Å². The molecule has 0 atom stereocenters. The first-order chi connectivity index (χ1) is 9.59. The summed E-state index contributed by atoms with van der Waals surface area (Å²) in [5.74, 6) is 0.748. The Balaban J connectivity index is 2.19. The van der Waals surface area contributed by atoms with E-state index >= 15 is 0 Å². The molecule has 1 aromatic heterocycles. The van der Waals surface area contributed by atoms with Crippen molar-refractivity contribution in [2.45, 2.75) is 25.2 Å². The molecule has 1 aromatic carbocycles. The molecule has 0 saturated heterocycles. The quantitative estimate of drug-likeness (QED) is 0.718. The Morgan fingerprint density at radius 2 is 1.90 bits per heavy atom. The van der Waals surface area contributed by atoms with Crippen LogP contribution in [0.4, 0.5) is 0 Å². The summed E-state index contributed by atoms with van der Waals surface area (Å²) in [5.41, 5.74) is 1.09. The molecule has 0 aliphatic heterocycles. The topological polar surface area (TPSA) is 43.1 Å². The van der Waals surface area contributed by atoms with Crippen LogP contribution in [0.3, 0.4) is 0 Å². The molecule has 6 heteroatoms. The van der Waals surface area contributed by atoms with Crippen molar-refractivity contribution in [2.24, 2.45) is 0 Å². The molecule has 3 nitrogen and oxygen atoms in total. The number of carbonyl (C=O) groups is 1. The molecule has 0 spiro atoms. The number of carbonyl (C=O) groups excluding carboxylic acids is 1. The number of hydrogen-bond donors (Lipinski definition) is 0. The maximum atomic E-state index is 11.8. The minimum Gasteiger partial charge on any atom is -0.360 e. The zero-order valence-corrected chi connectivity index (χ0v) is 12.6. The smallest absolute Gasteiger partial charge is 0.258 e. The molecule has 0 radical (unpaired) electrons. The third kappa shape index (κ3) is 2.24. The van der Waals surface area contributed by atoms with E-state index in [1.807, 2.05) is 0 Å². The van der Waals surface area contributed by atoms with Crippen molar-refractivity contribution in [1.82, 2.24) is 5.16 Å². The molecule has 20 heavy (non-hydrogen) atoms. The van der Waals surface area contributed by atoms with E-state index in [0.29, 0.717) is 27.1 Å². The fourth-order valence-corrected chi connectivity index (χ4v) is 3.10. The second kappa shape index (κ2) is 5.40. The summed E-state index contributed by atoms with van der Waals surface area (Å²) in [4.78, 5) is 11.8. The second-order valence-electron chi connectivity index (χ2n) is 4.77. The summed E-state index contributed by atoms with van der Waals surface area (Å²) < 4.78 is 5.35. The zero-order valence-electron chi connectivity index (χ0n) is 10.3. The molecule has 0 unspecified atom stereocenters. The summed E-state index contributed by atoms with van der Waals surface area (Å²) in [6, 6.07) is 5.09. The minimum absolute atomic E-state index is 0.204. The number of rotatable bonds is 3. The zero-order chi connectivity index (χ0) is 14.3. The predicted octanol–water partition coefficient (Wildman–Crippen LogP) is 5.29. The summed E-state index contributed by atoms with van der Waals surface area (Å²) >= 11 is 18.0. The minimum atomic E-state index is -0.598. The maximum Gasteiger partial charge on any atom is 0.258 e. The summed E-state index contributed by atoms with van der Waals surface area (Å²) in [7, 11) is 0. The second-order valence-corrected chi connectivity index (χ2v) is 5.93. The first kappa shape index (κ1) is 13.9. The first-order valence-corrected chi connectivity index (χ1v) is 7.36. The van der Waals surface area contributed by atoms with Crippen LogP contribution < -0.4 is 0 Å². The molecule has 1 saturated carbocycles. The Labute approximate surface area is 130 Å². The number of benzene rings is 1. The normalized spacial score (nSPS) is 15.2. The molecule has 3 rings (SSSR count). The van der Waals surface area contributed by atoms with E-state index in [-0.39, 0.29) is 11.5 Å². The van der Waals surface area contributed by atoms with Gasteiger partial charge >= 0.3 is 0 Å². The predicted molar refractivity (Wildman–Crippen MR) is 78.7 cm³/mol. The highest BCUT2D eigenvalue weighted by Crippen LogP contribution is 2.43. The van der Waals surface area contributed by atoms with E-state index in [9.17, 15) is 4.79 Å². The van der Waals surface area contributed by atoms with Crippen LogP contribution in [0.1, 0.15) is 41.3 Å². The third-order valence-electron chi connectivity index (χ3n) is 3.59. The van der Waals surface area contributed by atoms with E-state index in [4.69, 9.17) is 39.3 Å². The maximum absolute atomic E-state index is 11.8. The van der Waals surface area contributed by atoms with Crippen LogP contribution in [0, 0.1) is 0 Å². The highest BCUT2D eigenvalue weighted by Gasteiger charge is 2.32. The van der Waals surface area contributed by atoms with Gasteiger partial charge in [-0.2, -0.15) is 0 Å². The van der Waals surface area contributed by atoms with E-state index in [1.54, 1.807) is 18.2 Å². The Morgan fingerprint density at radius 1 is 1.25 bits per heavy atom. The van der Waals surface area contributed by atoms with Gasteiger partial charge in [0, 0.05) is 11.5 Å². The fraction of sp³-hybridized carbons (Fsp3) is 0.286. The van der Waals surface area contributed by atoms with E-state index in [1.165, 1.54) is 0 Å². The van der Waals surface area contributed by atoms with E-state index < -0.39 is 5.24 Å². The molecule has 104 valence electrons. The van der Waals surface area contributed by atoms with Gasteiger partial charge < -0.3 is 4.52 Å². The number of halogens is 3. The average molecular weight is 331 g/mol. The molecule has 0 N–H and O–H groups in total. The van der Waals surface area contributed by atoms with Gasteiger partial charge in [0.05, 0.1) is 10.0 Å². The van der Waals surface area contributed by atoms with Crippen LogP contribution in [-0.2, 0) is 0 Å². The largest absolute Gasteiger partial charge is 0.360 e. The lowest BCUT2D eigenvalue weighted by Gasteiger charge is -2.22. The molecule has 1 aliphatic rings. The lowest BCUT2D eigenvalue weighted by Crippen LogP contribution is -2.11. The molecule has 1 fully saturated rings. The summed E-state index contributed by atoms with van der Waals surface area (Å²) in [6.45, 7) is 0. The van der Waals surface area contributed by atoms with Gasteiger partial charge in [0.15, 0.2) is 5.76 Å². The molecule has 0 bridgehead atoms. The standard InChI is InChI=1S/C14H10Cl3NO2/c15-8-5-2-6-9(16)10(8)12-11(14(17)19)13(20-18-12)7-3-1-4-7/h2,5-7H,1,3-4H2. The van der Waals surface area contributed by atoms with Crippen LogP contribution in [0.2, 0.25) is 10.0 Å². The van der Waals surface area contributed by atoms with Gasteiger partial charge in [0.25, 0.3) is 5.24 Å². The van der Waals surface area contributed by atoms with Crippen molar-refractivity contribution in [2.75, 3.05) is 0 Å². The number of hydrogen-bond acceptors (Lipinski definition) is 3. The van der Waals surface area contributed by atoms with Gasteiger partial charge in [-0.3, -0.25) is 4.79 Å². The lowest BCUT2D eigenvalue weighted by atomic mass is 9.82. The van der Waals surface area contributed by atoms with Crippen molar-refractivity contribution in [1.29, 1.82) is 0 Å². The average Bonchev–Trinajstić information content (AvgIpc) is 2.71. The van der Waals surface area contributed by atoms with Gasteiger partial charge in [-0.15, -0.1) is 0 Å². The van der Waals surface area contributed by atoms with Crippen LogP contribution in [0.25, 0.3) is 11.3 Å². The van der Waals surface area contributed by atoms with Crippen LogP contribution in [-0.4, -0.2) is 10.4 Å². The number of aromatic nitrogens is 1. The van der Waals surface area contributed by atoms with E-state index in [0.717, 1.165) is 19.3 Å².